The van der Waals surface area contributed by atoms with Crippen LogP contribution in [0.2, 0.25) is 0 Å². The molecule has 0 saturated carbocycles. The number of carbonyl (C=O) groups excluding carboxylic acids is 2. The van der Waals surface area contributed by atoms with E-state index in [2.05, 4.69) is 0 Å². The molecule has 0 bridgehead atoms. The van der Waals surface area contributed by atoms with Crippen molar-refractivity contribution >= 4 is 11.9 Å². The van der Waals surface area contributed by atoms with Crippen LogP contribution < -0.4 is 14.2 Å². The number of carbonyl (C=O) groups is 2. The normalized spacial score (nSPS) is 11.4. The minimum absolute atomic E-state index is 0.144. The molecule has 25 heavy (non-hydrogen) atoms. The van der Waals surface area contributed by atoms with Crippen molar-refractivity contribution in [1.82, 2.24) is 4.90 Å². The lowest BCUT2D eigenvalue weighted by Crippen LogP contribution is -2.41. The van der Waals surface area contributed by atoms with E-state index in [1.165, 1.54) is 12.0 Å². The Morgan fingerprint density at radius 3 is 2.08 bits per heavy atom. The van der Waals surface area contributed by atoms with E-state index in [1.807, 2.05) is 12.1 Å². The van der Waals surface area contributed by atoms with Crippen molar-refractivity contribution in [1.29, 1.82) is 0 Å². The van der Waals surface area contributed by atoms with Crippen molar-refractivity contribution in [3.05, 3.63) is 17.7 Å². The molecule has 0 fully saturated rings. The first-order valence-electron chi connectivity index (χ1n) is 8.10. The molecule has 0 heterocycles. The Hall–Kier alpha value is -2.44. The first kappa shape index (κ1) is 20.6. The summed E-state index contributed by atoms with van der Waals surface area (Å²) in [6.45, 7) is 3.67. The number of rotatable bonds is 9. The van der Waals surface area contributed by atoms with Crippen molar-refractivity contribution < 1.29 is 28.5 Å². The number of likely N-dealkylation sites (N-methyl/N-ethyl adjacent to an activating group) is 1. The quantitative estimate of drug-likeness (QED) is 0.633. The summed E-state index contributed by atoms with van der Waals surface area (Å²) in [6.07, 6.45) is 0.730. The van der Waals surface area contributed by atoms with Crippen molar-refractivity contribution in [3.8, 4) is 17.2 Å². The SMILES string of the molecule is CCOC(=O)[C@H](C)N(C)C(=O)CCc1cc(OC)c(OC)c(OC)c1. The minimum Gasteiger partial charge on any atom is -0.493 e. The predicted octanol–water partition coefficient (Wildman–Crippen LogP) is 2.05. The van der Waals surface area contributed by atoms with Gasteiger partial charge in [0.1, 0.15) is 6.04 Å². The third-order valence-electron chi connectivity index (χ3n) is 3.95. The average molecular weight is 353 g/mol. The number of hydrogen-bond donors (Lipinski definition) is 0. The monoisotopic (exact) mass is 353 g/mol. The summed E-state index contributed by atoms with van der Waals surface area (Å²) in [4.78, 5) is 25.5. The zero-order chi connectivity index (χ0) is 19.0. The molecule has 0 aliphatic carbocycles. The van der Waals surface area contributed by atoms with Gasteiger partial charge in [-0.3, -0.25) is 4.79 Å². The highest BCUT2D eigenvalue weighted by Gasteiger charge is 2.23. The molecule has 1 amide bonds. The smallest absolute Gasteiger partial charge is 0.328 e. The molecule has 0 aliphatic rings. The summed E-state index contributed by atoms with van der Waals surface area (Å²) >= 11 is 0. The number of esters is 1. The molecule has 1 aromatic carbocycles. The second kappa shape index (κ2) is 9.76. The van der Waals surface area contributed by atoms with Gasteiger partial charge in [-0.1, -0.05) is 0 Å². The van der Waals surface area contributed by atoms with E-state index in [0.717, 1.165) is 5.56 Å². The van der Waals surface area contributed by atoms with Crippen LogP contribution in [0.15, 0.2) is 12.1 Å². The van der Waals surface area contributed by atoms with Crippen molar-refractivity contribution in [2.75, 3.05) is 35.0 Å². The fourth-order valence-electron chi connectivity index (χ4n) is 2.34. The molecule has 0 aromatic heterocycles. The summed E-state index contributed by atoms with van der Waals surface area (Å²) < 4.78 is 20.8. The van der Waals surface area contributed by atoms with Gasteiger partial charge in [-0.2, -0.15) is 0 Å². The fraction of sp³-hybridized carbons (Fsp3) is 0.556. The Morgan fingerprint density at radius 2 is 1.64 bits per heavy atom. The first-order valence-corrected chi connectivity index (χ1v) is 8.10. The zero-order valence-electron chi connectivity index (χ0n) is 15.8. The molecule has 0 unspecified atom stereocenters. The third-order valence-corrected chi connectivity index (χ3v) is 3.95. The number of benzene rings is 1. The minimum atomic E-state index is -0.618. The van der Waals surface area contributed by atoms with Crippen LogP contribution >= 0.6 is 0 Å². The van der Waals surface area contributed by atoms with E-state index in [0.29, 0.717) is 23.7 Å². The van der Waals surface area contributed by atoms with Gasteiger partial charge in [0, 0.05) is 13.5 Å². The zero-order valence-corrected chi connectivity index (χ0v) is 15.8. The van der Waals surface area contributed by atoms with E-state index in [-0.39, 0.29) is 18.9 Å². The van der Waals surface area contributed by atoms with Gasteiger partial charge >= 0.3 is 5.97 Å². The molecule has 0 N–H and O–H groups in total. The van der Waals surface area contributed by atoms with E-state index >= 15 is 0 Å². The Morgan fingerprint density at radius 1 is 1.08 bits per heavy atom. The van der Waals surface area contributed by atoms with E-state index in [9.17, 15) is 9.59 Å². The molecule has 7 heteroatoms. The maximum absolute atomic E-state index is 12.3. The van der Waals surface area contributed by atoms with Crippen molar-refractivity contribution in [2.45, 2.75) is 32.7 Å². The molecule has 1 rings (SSSR count). The molecule has 0 spiro atoms. The second-order valence-corrected chi connectivity index (χ2v) is 5.47. The molecule has 0 aliphatic heterocycles. The van der Waals surface area contributed by atoms with Gasteiger partial charge < -0.3 is 23.8 Å². The Labute approximate surface area is 148 Å². The fourth-order valence-corrected chi connectivity index (χ4v) is 2.34. The van der Waals surface area contributed by atoms with Gasteiger partial charge in [0.2, 0.25) is 11.7 Å². The van der Waals surface area contributed by atoms with Gasteiger partial charge in [-0.25, -0.2) is 4.79 Å². The molecule has 1 atom stereocenters. The number of amides is 1. The molecule has 7 nitrogen and oxygen atoms in total. The van der Waals surface area contributed by atoms with Gasteiger partial charge in [-0.15, -0.1) is 0 Å². The predicted molar refractivity (Wildman–Crippen MR) is 93.3 cm³/mol. The number of nitrogens with zero attached hydrogens (tertiary/aromatic N) is 1. The third kappa shape index (κ3) is 5.27. The Kier molecular flexibility index (Phi) is 8.04. The first-order chi connectivity index (χ1) is 11.9. The summed E-state index contributed by atoms with van der Waals surface area (Å²) in [5, 5.41) is 0. The lowest BCUT2D eigenvalue weighted by atomic mass is 10.1. The highest BCUT2D eigenvalue weighted by Crippen LogP contribution is 2.38. The highest BCUT2D eigenvalue weighted by molar-refractivity contribution is 5.84. The van der Waals surface area contributed by atoms with Crippen LogP contribution in [-0.4, -0.2) is 57.8 Å². The summed E-state index contributed by atoms with van der Waals surface area (Å²) in [5.41, 5.74) is 0.875. The molecular formula is C18H27NO6. The molecular weight excluding hydrogens is 326 g/mol. The second-order valence-electron chi connectivity index (χ2n) is 5.47. The van der Waals surface area contributed by atoms with Crippen LogP contribution in [-0.2, 0) is 20.7 Å². The lowest BCUT2D eigenvalue weighted by molar-refractivity contribution is -0.153. The van der Waals surface area contributed by atoms with E-state index < -0.39 is 12.0 Å². The number of hydrogen-bond acceptors (Lipinski definition) is 6. The summed E-state index contributed by atoms with van der Waals surface area (Å²) in [7, 11) is 6.22. The summed E-state index contributed by atoms with van der Waals surface area (Å²) in [6, 6.07) is 3.00. The average Bonchev–Trinajstić information content (AvgIpc) is 2.63. The summed E-state index contributed by atoms with van der Waals surface area (Å²) in [5.74, 6) is 1.03. The van der Waals surface area contributed by atoms with Gasteiger partial charge in [0.15, 0.2) is 11.5 Å². The molecule has 1 aromatic rings. The Bertz CT molecular complexity index is 576. The van der Waals surface area contributed by atoms with E-state index in [4.69, 9.17) is 18.9 Å². The maximum atomic E-state index is 12.3. The van der Waals surface area contributed by atoms with Crippen LogP contribution in [0, 0.1) is 0 Å². The molecule has 140 valence electrons. The topological polar surface area (TPSA) is 74.3 Å². The van der Waals surface area contributed by atoms with Crippen LogP contribution in [0.5, 0.6) is 17.2 Å². The number of methoxy groups -OCH3 is 3. The van der Waals surface area contributed by atoms with Crippen LogP contribution in [0.1, 0.15) is 25.8 Å². The van der Waals surface area contributed by atoms with E-state index in [1.54, 1.807) is 35.1 Å². The van der Waals surface area contributed by atoms with Crippen LogP contribution in [0.25, 0.3) is 0 Å². The lowest BCUT2D eigenvalue weighted by Gasteiger charge is -2.23. The van der Waals surface area contributed by atoms with Gasteiger partial charge in [-0.05, 0) is 38.0 Å². The van der Waals surface area contributed by atoms with Gasteiger partial charge in [0.25, 0.3) is 0 Å². The molecule has 0 saturated heterocycles. The van der Waals surface area contributed by atoms with Crippen molar-refractivity contribution in [2.24, 2.45) is 0 Å². The van der Waals surface area contributed by atoms with Crippen molar-refractivity contribution in [3.63, 3.8) is 0 Å². The Balaban J connectivity index is 2.80. The highest BCUT2D eigenvalue weighted by atomic mass is 16.5. The number of ether oxygens (including phenoxy) is 4. The molecule has 0 radical (unpaired) electrons. The van der Waals surface area contributed by atoms with Crippen LogP contribution in [0.4, 0.5) is 0 Å². The standard InChI is InChI=1S/C18H27NO6/c1-7-25-18(21)12(2)19(3)16(20)9-8-13-10-14(22-4)17(24-6)15(11-13)23-5/h10-12H,7-9H2,1-6H3/t12-/m0/s1. The maximum Gasteiger partial charge on any atom is 0.328 e. The number of aryl methyl sites for hydroxylation is 1. The largest absolute Gasteiger partial charge is 0.493 e. The van der Waals surface area contributed by atoms with Gasteiger partial charge in [0.05, 0.1) is 27.9 Å². The van der Waals surface area contributed by atoms with Crippen LogP contribution in [0.3, 0.4) is 0 Å².